The second kappa shape index (κ2) is 8.89. The van der Waals surface area contributed by atoms with Crippen molar-refractivity contribution in [3.8, 4) is 0 Å². The summed E-state index contributed by atoms with van der Waals surface area (Å²) in [5, 5.41) is 5.71. The fourth-order valence-electron chi connectivity index (χ4n) is 2.24. The van der Waals surface area contributed by atoms with E-state index in [9.17, 15) is 9.59 Å². The zero-order chi connectivity index (χ0) is 17.5. The average molecular weight is 407 g/mol. The lowest BCUT2D eigenvalue weighted by atomic mass is 10.1. The van der Waals surface area contributed by atoms with E-state index in [4.69, 9.17) is 0 Å². The van der Waals surface area contributed by atoms with Crippen molar-refractivity contribution in [3.05, 3.63) is 58.1 Å². The minimum absolute atomic E-state index is 0.110. The Kier molecular flexibility index (Phi) is 6.87. The molecular formula is C18H19BrN2O2S. The lowest BCUT2D eigenvalue weighted by molar-refractivity contribution is -0.114. The molecule has 0 bridgehead atoms. The third-order valence-corrected chi connectivity index (χ3v) is 4.68. The van der Waals surface area contributed by atoms with Crippen molar-refractivity contribution in [2.24, 2.45) is 0 Å². The molecule has 0 saturated heterocycles. The van der Waals surface area contributed by atoms with Crippen LogP contribution in [0.25, 0.3) is 0 Å². The topological polar surface area (TPSA) is 58.2 Å². The van der Waals surface area contributed by atoms with Crippen molar-refractivity contribution in [2.45, 2.75) is 13.8 Å². The number of rotatable bonds is 6. The van der Waals surface area contributed by atoms with E-state index < -0.39 is 0 Å². The van der Waals surface area contributed by atoms with Crippen LogP contribution in [0, 0.1) is 13.8 Å². The van der Waals surface area contributed by atoms with Gasteiger partial charge in [-0.2, -0.15) is 0 Å². The summed E-state index contributed by atoms with van der Waals surface area (Å²) >= 11 is 4.73. The number of para-hydroxylation sites is 1. The van der Waals surface area contributed by atoms with Crippen molar-refractivity contribution in [2.75, 3.05) is 22.1 Å². The van der Waals surface area contributed by atoms with Gasteiger partial charge >= 0.3 is 0 Å². The van der Waals surface area contributed by atoms with Crippen LogP contribution in [0.15, 0.2) is 46.9 Å². The number of halogens is 1. The molecule has 0 fully saturated rings. The van der Waals surface area contributed by atoms with Gasteiger partial charge in [0.1, 0.15) is 0 Å². The quantitative estimate of drug-likeness (QED) is 0.748. The van der Waals surface area contributed by atoms with Crippen molar-refractivity contribution >= 4 is 50.9 Å². The maximum Gasteiger partial charge on any atom is 0.234 e. The van der Waals surface area contributed by atoms with E-state index >= 15 is 0 Å². The van der Waals surface area contributed by atoms with Crippen LogP contribution in [0.5, 0.6) is 0 Å². The number of nitrogens with one attached hydrogen (secondary N) is 2. The monoisotopic (exact) mass is 406 g/mol. The molecule has 2 aromatic carbocycles. The maximum absolute atomic E-state index is 12.1. The average Bonchev–Trinajstić information content (AvgIpc) is 2.52. The molecule has 0 spiro atoms. The molecule has 0 aliphatic carbocycles. The van der Waals surface area contributed by atoms with E-state index in [1.165, 1.54) is 11.8 Å². The van der Waals surface area contributed by atoms with Gasteiger partial charge in [0, 0.05) is 15.8 Å². The van der Waals surface area contributed by atoms with Crippen LogP contribution < -0.4 is 10.6 Å². The molecule has 0 aromatic heterocycles. The molecule has 0 atom stereocenters. The van der Waals surface area contributed by atoms with E-state index in [-0.39, 0.29) is 23.3 Å². The molecule has 2 rings (SSSR count). The molecule has 2 N–H and O–H groups in total. The molecule has 2 amide bonds. The normalized spacial score (nSPS) is 10.3. The Morgan fingerprint density at radius 2 is 1.50 bits per heavy atom. The van der Waals surface area contributed by atoms with E-state index in [0.717, 1.165) is 27.0 Å². The second-order valence-corrected chi connectivity index (χ2v) is 7.27. The Morgan fingerprint density at radius 3 is 2.08 bits per heavy atom. The van der Waals surface area contributed by atoms with E-state index in [1.54, 1.807) is 0 Å². The van der Waals surface area contributed by atoms with Crippen LogP contribution in [0.4, 0.5) is 11.4 Å². The molecule has 0 aliphatic heterocycles. The third kappa shape index (κ3) is 5.69. The summed E-state index contributed by atoms with van der Waals surface area (Å²) in [6.45, 7) is 3.90. The number of aryl methyl sites for hydroxylation is 2. The molecule has 0 heterocycles. The fourth-order valence-corrected chi connectivity index (χ4v) is 3.54. The van der Waals surface area contributed by atoms with Crippen LogP contribution in [0.1, 0.15) is 11.1 Å². The summed E-state index contributed by atoms with van der Waals surface area (Å²) in [6, 6.07) is 13.2. The molecule has 4 nitrogen and oxygen atoms in total. The van der Waals surface area contributed by atoms with Crippen LogP contribution in [-0.4, -0.2) is 23.3 Å². The van der Waals surface area contributed by atoms with Gasteiger partial charge in [-0.25, -0.2) is 0 Å². The molecule has 0 aliphatic rings. The summed E-state index contributed by atoms with van der Waals surface area (Å²) in [7, 11) is 0. The van der Waals surface area contributed by atoms with Crippen molar-refractivity contribution in [1.29, 1.82) is 0 Å². The van der Waals surface area contributed by atoms with Crippen LogP contribution >= 0.6 is 27.7 Å². The maximum atomic E-state index is 12.1. The van der Waals surface area contributed by atoms with Gasteiger partial charge < -0.3 is 10.6 Å². The molecular weight excluding hydrogens is 388 g/mol. The number of carbonyl (C=O) groups is 2. The summed E-state index contributed by atoms with van der Waals surface area (Å²) < 4.78 is 0.988. The highest BCUT2D eigenvalue weighted by Crippen LogP contribution is 2.25. The molecule has 0 radical (unpaired) electrons. The van der Waals surface area contributed by atoms with Gasteiger partial charge in [0.2, 0.25) is 11.8 Å². The van der Waals surface area contributed by atoms with Gasteiger partial charge in [-0.3, -0.25) is 9.59 Å². The lowest BCUT2D eigenvalue weighted by Gasteiger charge is -2.12. The van der Waals surface area contributed by atoms with Gasteiger partial charge in [0.25, 0.3) is 0 Å². The zero-order valence-corrected chi connectivity index (χ0v) is 16.0. The van der Waals surface area contributed by atoms with Gasteiger partial charge in [0.15, 0.2) is 0 Å². The molecule has 6 heteroatoms. The van der Waals surface area contributed by atoms with Gasteiger partial charge in [-0.1, -0.05) is 34.1 Å². The largest absolute Gasteiger partial charge is 0.325 e. The number of carbonyl (C=O) groups excluding carboxylic acids is 2. The number of hydrogen-bond acceptors (Lipinski definition) is 3. The number of hydrogen-bond donors (Lipinski definition) is 2. The highest BCUT2D eigenvalue weighted by molar-refractivity contribution is 9.10. The highest BCUT2D eigenvalue weighted by atomic mass is 79.9. The van der Waals surface area contributed by atoms with E-state index in [1.807, 2.05) is 56.3 Å². The van der Waals surface area contributed by atoms with Gasteiger partial charge in [-0.05, 0) is 49.2 Å². The minimum Gasteiger partial charge on any atom is -0.325 e. The first kappa shape index (κ1) is 18.5. The first-order valence-corrected chi connectivity index (χ1v) is 9.39. The zero-order valence-electron chi connectivity index (χ0n) is 13.6. The third-order valence-electron chi connectivity index (χ3n) is 3.29. The summed E-state index contributed by atoms with van der Waals surface area (Å²) in [6.07, 6.45) is 0. The molecule has 2 aromatic rings. The van der Waals surface area contributed by atoms with Crippen LogP contribution in [-0.2, 0) is 9.59 Å². The second-order valence-electron chi connectivity index (χ2n) is 5.37. The Morgan fingerprint density at radius 1 is 0.958 bits per heavy atom. The molecule has 0 unspecified atom stereocenters. The Bertz CT molecular complexity index is 712. The van der Waals surface area contributed by atoms with Crippen LogP contribution in [0.3, 0.4) is 0 Å². The highest BCUT2D eigenvalue weighted by Gasteiger charge is 2.10. The van der Waals surface area contributed by atoms with Crippen molar-refractivity contribution in [1.82, 2.24) is 0 Å². The predicted octanol–water partition coefficient (Wildman–Crippen LogP) is 4.38. The lowest BCUT2D eigenvalue weighted by Crippen LogP contribution is -2.19. The first-order chi connectivity index (χ1) is 11.5. The predicted molar refractivity (Wildman–Crippen MR) is 105 cm³/mol. The molecule has 24 heavy (non-hydrogen) atoms. The summed E-state index contributed by atoms with van der Waals surface area (Å²) in [5.41, 5.74) is 3.59. The first-order valence-electron chi connectivity index (χ1n) is 7.45. The Hall–Kier alpha value is -1.79. The molecule has 126 valence electrons. The smallest absolute Gasteiger partial charge is 0.234 e. The van der Waals surface area contributed by atoms with Crippen molar-refractivity contribution in [3.63, 3.8) is 0 Å². The number of anilines is 2. The van der Waals surface area contributed by atoms with E-state index in [0.29, 0.717) is 0 Å². The van der Waals surface area contributed by atoms with Crippen LogP contribution in [0.2, 0.25) is 0 Å². The summed E-state index contributed by atoms with van der Waals surface area (Å²) in [4.78, 5) is 23.9. The van der Waals surface area contributed by atoms with Gasteiger partial charge in [-0.15, -0.1) is 11.8 Å². The number of thioether (sulfide) groups is 1. The molecule has 0 saturated carbocycles. The number of benzene rings is 2. The Labute approximate surface area is 154 Å². The van der Waals surface area contributed by atoms with E-state index in [2.05, 4.69) is 26.6 Å². The SMILES string of the molecule is Cc1cc(Br)cc(C)c1NC(=O)CSCC(=O)Nc1ccccc1. The fraction of sp³-hybridized carbons (Fsp3) is 0.222. The standard InChI is InChI=1S/C18H19BrN2O2S/c1-12-8-14(19)9-13(2)18(12)21-17(23)11-24-10-16(22)20-15-6-4-3-5-7-15/h3-9H,10-11H2,1-2H3,(H,20,22)(H,21,23). The minimum atomic E-state index is -0.116. The van der Waals surface area contributed by atoms with Gasteiger partial charge in [0.05, 0.1) is 11.5 Å². The van der Waals surface area contributed by atoms with Crippen molar-refractivity contribution < 1.29 is 9.59 Å². The summed E-state index contributed by atoms with van der Waals surface area (Å²) in [5.74, 6) is 0.244. The number of amides is 2. The Balaban J connectivity index is 1.78.